The minimum absolute atomic E-state index is 0.391. The Morgan fingerprint density at radius 2 is 1.44 bits per heavy atom. The van der Waals surface area contributed by atoms with Crippen LogP contribution in [0.15, 0.2) is 77.7 Å². The lowest BCUT2D eigenvalue weighted by molar-refractivity contribution is -0.159. The predicted molar refractivity (Wildman–Crippen MR) is 129 cm³/mol. The normalized spacial score (nSPS) is 15.0. The van der Waals surface area contributed by atoms with Gasteiger partial charge in [0.15, 0.2) is 0 Å². The van der Waals surface area contributed by atoms with Gasteiger partial charge in [-0.15, -0.1) is 0 Å². The molecule has 1 heterocycles. The van der Waals surface area contributed by atoms with Crippen molar-refractivity contribution in [3.63, 3.8) is 0 Å². The first-order valence-electron chi connectivity index (χ1n) is 10.9. The standard InChI is InChI=1S/C23H26N2O2S.C2H2O4/c1-24(18-19-7-3-2-4-8-19)22-13-15-25(16-14-22)28(26,27)23-12-11-20-9-5-6-10-21(20)17-23;3-1(4)2(5)6/h2-12,17,22H,13-16,18H2,1H3;(H,3,4)(H,5,6). The fourth-order valence-corrected chi connectivity index (χ4v) is 5.51. The minimum atomic E-state index is -3.45. The summed E-state index contributed by atoms with van der Waals surface area (Å²) in [6.07, 6.45) is 1.71. The number of piperidine rings is 1. The summed E-state index contributed by atoms with van der Waals surface area (Å²) in [6, 6.07) is 24.1. The number of carbonyl (C=O) groups is 2. The van der Waals surface area contributed by atoms with Crippen LogP contribution >= 0.6 is 0 Å². The first-order chi connectivity index (χ1) is 16.2. The monoisotopic (exact) mass is 484 g/mol. The first kappa shape index (κ1) is 25.4. The van der Waals surface area contributed by atoms with Crippen molar-refractivity contribution in [3.8, 4) is 0 Å². The average Bonchev–Trinajstić information content (AvgIpc) is 2.84. The van der Waals surface area contributed by atoms with Crippen molar-refractivity contribution in [1.82, 2.24) is 9.21 Å². The van der Waals surface area contributed by atoms with Gasteiger partial charge in [-0.1, -0.05) is 60.7 Å². The van der Waals surface area contributed by atoms with Crippen molar-refractivity contribution in [2.24, 2.45) is 0 Å². The van der Waals surface area contributed by atoms with Crippen LogP contribution in [-0.2, 0) is 26.2 Å². The zero-order chi connectivity index (χ0) is 24.7. The van der Waals surface area contributed by atoms with E-state index in [1.165, 1.54) is 5.56 Å². The number of rotatable bonds is 5. The van der Waals surface area contributed by atoms with Gasteiger partial charge < -0.3 is 10.2 Å². The Bertz CT molecular complexity index is 1230. The molecule has 0 bridgehead atoms. The number of nitrogens with zero attached hydrogens (tertiary/aromatic N) is 2. The van der Waals surface area contributed by atoms with Crippen LogP contribution < -0.4 is 0 Å². The van der Waals surface area contributed by atoms with Gasteiger partial charge >= 0.3 is 11.9 Å². The lowest BCUT2D eigenvalue weighted by Gasteiger charge is -2.36. The van der Waals surface area contributed by atoms with E-state index in [4.69, 9.17) is 19.8 Å². The van der Waals surface area contributed by atoms with Gasteiger partial charge in [-0.2, -0.15) is 4.31 Å². The van der Waals surface area contributed by atoms with Gasteiger partial charge in [0.2, 0.25) is 10.0 Å². The molecule has 1 fully saturated rings. The highest BCUT2D eigenvalue weighted by Gasteiger charge is 2.30. The van der Waals surface area contributed by atoms with Crippen LogP contribution in [-0.4, -0.2) is 66.0 Å². The van der Waals surface area contributed by atoms with Crippen LogP contribution in [0.5, 0.6) is 0 Å². The fraction of sp³-hybridized carbons (Fsp3) is 0.280. The van der Waals surface area contributed by atoms with Crippen molar-refractivity contribution in [2.75, 3.05) is 20.1 Å². The van der Waals surface area contributed by atoms with Gasteiger partial charge in [0.05, 0.1) is 4.90 Å². The summed E-state index contributed by atoms with van der Waals surface area (Å²) in [6.45, 7) is 2.03. The van der Waals surface area contributed by atoms with Crippen LogP contribution in [0.25, 0.3) is 10.8 Å². The topological polar surface area (TPSA) is 115 Å². The highest BCUT2D eigenvalue weighted by atomic mass is 32.2. The second-order valence-electron chi connectivity index (χ2n) is 8.16. The number of benzene rings is 3. The maximum Gasteiger partial charge on any atom is 0.414 e. The van der Waals surface area contributed by atoms with Crippen LogP contribution in [0.4, 0.5) is 0 Å². The fourth-order valence-electron chi connectivity index (χ4n) is 4.00. The number of hydrogen-bond acceptors (Lipinski definition) is 5. The molecule has 0 aromatic heterocycles. The van der Waals surface area contributed by atoms with E-state index in [0.717, 1.165) is 30.2 Å². The summed E-state index contributed by atoms with van der Waals surface area (Å²) < 4.78 is 27.9. The Kier molecular flexibility index (Phi) is 8.38. The number of hydrogen-bond donors (Lipinski definition) is 2. The van der Waals surface area contributed by atoms with Gasteiger partial charge in [-0.3, -0.25) is 4.90 Å². The predicted octanol–water partition coefficient (Wildman–Crippen LogP) is 3.28. The zero-order valence-electron chi connectivity index (χ0n) is 18.9. The maximum atomic E-state index is 13.1. The Morgan fingerprint density at radius 3 is 2.03 bits per heavy atom. The summed E-state index contributed by atoms with van der Waals surface area (Å²) >= 11 is 0. The molecule has 1 aliphatic rings. The number of sulfonamides is 1. The van der Waals surface area contributed by atoms with Gasteiger partial charge in [0.25, 0.3) is 0 Å². The van der Waals surface area contributed by atoms with E-state index in [2.05, 4.69) is 36.2 Å². The molecule has 3 aromatic carbocycles. The summed E-state index contributed by atoms with van der Waals surface area (Å²) in [5.74, 6) is -3.65. The number of carboxylic acids is 2. The molecule has 0 spiro atoms. The van der Waals surface area contributed by atoms with Crippen molar-refractivity contribution < 1.29 is 28.2 Å². The molecule has 0 atom stereocenters. The summed E-state index contributed by atoms with van der Waals surface area (Å²) in [5, 5.41) is 16.8. The van der Waals surface area contributed by atoms with E-state index in [0.29, 0.717) is 24.0 Å². The summed E-state index contributed by atoms with van der Waals surface area (Å²) in [5.41, 5.74) is 1.29. The molecule has 0 unspecified atom stereocenters. The summed E-state index contributed by atoms with van der Waals surface area (Å²) in [7, 11) is -1.32. The number of aliphatic carboxylic acids is 2. The molecule has 8 nitrogen and oxygen atoms in total. The Morgan fingerprint density at radius 1 is 0.882 bits per heavy atom. The molecule has 0 radical (unpaired) electrons. The smallest absolute Gasteiger partial charge is 0.414 e. The first-order valence-corrected chi connectivity index (χ1v) is 12.3. The van der Waals surface area contributed by atoms with Gasteiger partial charge in [0, 0.05) is 25.7 Å². The minimum Gasteiger partial charge on any atom is -0.473 e. The van der Waals surface area contributed by atoms with Gasteiger partial charge in [-0.05, 0) is 48.4 Å². The second-order valence-corrected chi connectivity index (χ2v) is 10.1. The van der Waals surface area contributed by atoms with E-state index in [9.17, 15) is 8.42 Å². The molecule has 1 aliphatic heterocycles. The zero-order valence-corrected chi connectivity index (χ0v) is 19.7. The highest BCUT2D eigenvalue weighted by molar-refractivity contribution is 7.89. The van der Waals surface area contributed by atoms with E-state index in [1.54, 1.807) is 16.4 Å². The molecular formula is C25H28N2O6S. The van der Waals surface area contributed by atoms with E-state index >= 15 is 0 Å². The van der Waals surface area contributed by atoms with Gasteiger partial charge in [-0.25, -0.2) is 18.0 Å². The Hall–Kier alpha value is -3.27. The third-order valence-electron chi connectivity index (χ3n) is 5.86. The molecule has 34 heavy (non-hydrogen) atoms. The van der Waals surface area contributed by atoms with Crippen molar-refractivity contribution >= 4 is 32.7 Å². The van der Waals surface area contributed by atoms with Crippen molar-refractivity contribution in [1.29, 1.82) is 0 Å². The Labute approximate surface area is 199 Å². The third-order valence-corrected chi connectivity index (χ3v) is 7.76. The lowest BCUT2D eigenvalue weighted by atomic mass is 10.0. The van der Waals surface area contributed by atoms with Crippen LogP contribution in [0.1, 0.15) is 18.4 Å². The third kappa shape index (κ3) is 6.40. The molecule has 3 aromatic rings. The van der Waals surface area contributed by atoms with E-state index < -0.39 is 22.0 Å². The van der Waals surface area contributed by atoms with Crippen LogP contribution in [0.2, 0.25) is 0 Å². The van der Waals surface area contributed by atoms with Crippen molar-refractivity contribution in [2.45, 2.75) is 30.3 Å². The molecule has 4 rings (SSSR count). The van der Waals surface area contributed by atoms with Crippen LogP contribution in [0.3, 0.4) is 0 Å². The molecule has 0 amide bonds. The molecule has 0 saturated carbocycles. The highest BCUT2D eigenvalue weighted by Crippen LogP contribution is 2.26. The average molecular weight is 485 g/mol. The van der Waals surface area contributed by atoms with E-state index in [1.807, 2.05) is 36.4 Å². The van der Waals surface area contributed by atoms with Crippen molar-refractivity contribution in [3.05, 3.63) is 78.4 Å². The molecule has 0 aliphatic carbocycles. The quantitative estimate of drug-likeness (QED) is 0.534. The SMILES string of the molecule is CN(Cc1ccccc1)C1CCN(S(=O)(=O)c2ccc3ccccc3c2)CC1.O=C(O)C(=O)O. The Balaban J connectivity index is 0.000000481. The lowest BCUT2D eigenvalue weighted by Crippen LogP contribution is -2.45. The largest absolute Gasteiger partial charge is 0.473 e. The van der Waals surface area contributed by atoms with Gasteiger partial charge in [0.1, 0.15) is 0 Å². The molecule has 9 heteroatoms. The maximum absolute atomic E-state index is 13.1. The number of fused-ring (bicyclic) bond motifs is 1. The van der Waals surface area contributed by atoms with Crippen LogP contribution in [0, 0.1) is 0 Å². The summed E-state index contributed by atoms with van der Waals surface area (Å²) in [4.78, 5) is 20.9. The molecule has 1 saturated heterocycles. The van der Waals surface area contributed by atoms with E-state index in [-0.39, 0.29) is 0 Å². The molecule has 2 N–H and O–H groups in total. The molecule has 180 valence electrons. The second kappa shape index (κ2) is 11.2. The number of carboxylic acid groups (broad SMARTS) is 2. The molecular weight excluding hydrogens is 456 g/mol.